The van der Waals surface area contributed by atoms with Gasteiger partial charge in [0.25, 0.3) is 0 Å². The Labute approximate surface area is 160 Å². The molecule has 140 valence electrons. The van der Waals surface area contributed by atoms with Gasteiger partial charge in [-0.05, 0) is 54.9 Å². The maximum Gasteiger partial charge on any atom is 0.0543 e. The van der Waals surface area contributed by atoms with Crippen LogP contribution in [0.15, 0.2) is 41.9 Å². The van der Waals surface area contributed by atoms with E-state index in [0.29, 0.717) is 11.3 Å². The number of thiophene rings is 1. The van der Waals surface area contributed by atoms with E-state index in [9.17, 15) is 0 Å². The number of pyridine rings is 1. The van der Waals surface area contributed by atoms with Gasteiger partial charge >= 0.3 is 0 Å². The molecule has 5 heteroatoms. The van der Waals surface area contributed by atoms with E-state index < -0.39 is 0 Å². The van der Waals surface area contributed by atoms with E-state index in [1.54, 1.807) is 0 Å². The normalized spacial score (nSPS) is 23.7. The second-order valence-electron chi connectivity index (χ2n) is 7.86. The van der Waals surface area contributed by atoms with Gasteiger partial charge in [0.2, 0.25) is 0 Å². The fourth-order valence-electron chi connectivity index (χ4n) is 4.76. The van der Waals surface area contributed by atoms with Gasteiger partial charge in [-0.2, -0.15) is 0 Å². The van der Waals surface area contributed by atoms with Gasteiger partial charge in [0.1, 0.15) is 0 Å². The predicted octanol–water partition coefficient (Wildman–Crippen LogP) is 3.50. The van der Waals surface area contributed by atoms with Crippen molar-refractivity contribution in [1.82, 2.24) is 14.8 Å². The maximum absolute atomic E-state index is 5.61. The Morgan fingerprint density at radius 2 is 2.04 bits per heavy atom. The van der Waals surface area contributed by atoms with Gasteiger partial charge in [0.05, 0.1) is 12.3 Å². The number of ether oxygens (including phenoxy) is 1. The molecule has 1 spiro atoms. The lowest BCUT2D eigenvalue weighted by atomic mass is 9.71. The Kier molecular flexibility index (Phi) is 5.69. The SMILES string of the molecule is COC[C@H]1CN(Cc2cccs2)CC12CCN(Cc1ccccn1)CC2. The third-order valence-corrected chi connectivity index (χ3v) is 7.04. The smallest absolute Gasteiger partial charge is 0.0543 e. The van der Waals surface area contributed by atoms with E-state index in [4.69, 9.17) is 4.74 Å². The molecule has 0 unspecified atom stereocenters. The van der Waals surface area contributed by atoms with Crippen molar-refractivity contribution in [2.75, 3.05) is 39.9 Å². The van der Waals surface area contributed by atoms with E-state index >= 15 is 0 Å². The first-order valence-corrected chi connectivity index (χ1v) is 10.5. The lowest BCUT2D eigenvalue weighted by molar-refractivity contribution is 0.0347. The van der Waals surface area contributed by atoms with Gasteiger partial charge in [-0.1, -0.05) is 12.1 Å². The minimum Gasteiger partial charge on any atom is -0.384 e. The molecule has 0 N–H and O–H groups in total. The summed E-state index contributed by atoms with van der Waals surface area (Å²) in [6.45, 7) is 7.69. The Bertz CT molecular complexity index is 668. The van der Waals surface area contributed by atoms with Crippen LogP contribution >= 0.6 is 11.3 Å². The fourth-order valence-corrected chi connectivity index (χ4v) is 5.51. The molecular weight excluding hydrogens is 342 g/mol. The molecule has 2 aliphatic rings. The number of rotatable bonds is 6. The summed E-state index contributed by atoms with van der Waals surface area (Å²) in [4.78, 5) is 11.2. The van der Waals surface area contributed by atoms with Gasteiger partial charge in [0.15, 0.2) is 0 Å². The van der Waals surface area contributed by atoms with Crippen LogP contribution < -0.4 is 0 Å². The topological polar surface area (TPSA) is 28.6 Å². The van der Waals surface area contributed by atoms with Crippen molar-refractivity contribution in [3.63, 3.8) is 0 Å². The van der Waals surface area contributed by atoms with Crippen molar-refractivity contribution >= 4 is 11.3 Å². The van der Waals surface area contributed by atoms with Crippen molar-refractivity contribution in [3.05, 3.63) is 52.5 Å². The third-order valence-electron chi connectivity index (χ3n) is 6.17. The van der Waals surface area contributed by atoms with Crippen LogP contribution in [0.4, 0.5) is 0 Å². The highest BCUT2D eigenvalue weighted by molar-refractivity contribution is 7.09. The molecule has 2 fully saturated rings. The number of piperidine rings is 1. The Morgan fingerprint density at radius 1 is 1.15 bits per heavy atom. The van der Waals surface area contributed by atoms with Crippen LogP contribution in [-0.4, -0.2) is 54.7 Å². The Balaban J connectivity index is 1.38. The summed E-state index contributed by atoms with van der Waals surface area (Å²) >= 11 is 1.87. The summed E-state index contributed by atoms with van der Waals surface area (Å²) in [5.74, 6) is 0.657. The average molecular weight is 372 g/mol. The molecule has 2 saturated heterocycles. The molecule has 0 saturated carbocycles. The van der Waals surface area contributed by atoms with Gasteiger partial charge in [-0.15, -0.1) is 11.3 Å². The number of likely N-dealkylation sites (tertiary alicyclic amines) is 2. The van der Waals surface area contributed by atoms with Crippen LogP contribution in [0.25, 0.3) is 0 Å². The van der Waals surface area contributed by atoms with Crippen LogP contribution in [0.3, 0.4) is 0 Å². The van der Waals surface area contributed by atoms with E-state index in [1.165, 1.54) is 49.6 Å². The zero-order chi connectivity index (χ0) is 17.8. The van der Waals surface area contributed by atoms with Crippen molar-refractivity contribution in [2.24, 2.45) is 11.3 Å². The van der Waals surface area contributed by atoms with Gasteiger partial charge < -0.3 is 4.74 Å². The highest BCUT2D eigenvalue weighted by Crippen LogP contribution is 2.45. The van der Waals surface area contributed by atoms with E-state index in [2.05, 4.69) is 44.4 Å². The maximum atomic E-state index is 5.61. The number of hydrogen-bond donors (Lipinski definition) is 0. The molecule has 4 rings (SSSR count). The van der Waals surface area contributed by atoms with Crippen molar-refractivity contribution in [3.8, 4) is 0 Å². The molecule has 1 atom stereocenters. The Hall–Kier alpha value is -1.27. The van der Waals surface area contributed by atoms with Crippen LogP contribution in [0.1, 0.15) is 23.4 Å². The summed E-state index contributed by atoms with van der Waals surface area (Å²) in [5, 5.41) is 2.18. The minimum absolute atomic E-state index is 0.424. The van der Waals surface area contributed by atoms with Crippen molar-refractivity contribution < 1.29 is 4.74 Å². The highest BCUT2D eigenvalue weighted by atomic mass is 32.1. The first kappa shape index (κ1) is 18.1. The van der Waals surface area contributed by atoms with E-state index in [1.807, 2.05) is 30.7 Å². The van der Waals surface area contributed by atoms with Crippen molar-refractivity contribution in [2.45, 2.75) is 25.9 Å². The molecule has 0 amide bonds. The van der Waals surface area contributed by atoms with Gasteiger partial charge in [-0.25, -0.2) is 0 Å². The summed E-state index contributed by atoms with van der Waals surface area (Å²) in [5.41, 5.74) is 1.61. The lowest BCUT2D eigenvalue weighted by Gasteiger charge is -2.42. The zero-order valence-corrected chi connectivity index (χ0v) is 16.5. The van der Waals surface area contributed by atoms with Crippen LogP contribution in [0.5, 0.6) is 0 Å². The number of aromatic nitrogens is 1. The summed E-state index contributed by atoms with van der Waals surface area (Å²) in [6, 6.07) is 10.6. The first-order valence-electron chi connectivity index (χ1n) is 9.63. The highest BCUT2D eigenvalue weighted by Gasteiger charge is 2.47. The molecule has 4 nitrogen and oxygen atoms in total. The lowest BCUT2D eigenvalue weighted by Crippen LogP contribution is -2.45. The molecule has 26 heavy (non-hydrogen) atoms. The zero-order valence-electron chi connectivity index (χ0n) is 15.6. The molecule has 0 radical (unpaired) electrons. The second kappa shape index (κ2) is 8.17. The van der Waals surface area contributed by atoms with Gasteiger partial charge in [0, 0.05) is 50.3 Å². The summed E-state index contributed by atoms with van der Waals surface area (Å²) in [7, 11) is 1.85. The molecular formula is C21H29N3OS. The molecule has 2 aliphatic heterocycles. The number of nitrogens with zero attached hydrogens (tertiary/aromatic N) is 3. The summed E-state index contributed by atoms with van der Waals surface area (Å²) in [6.07, 6.45) is 4.44. The standard InChI is InChI=1S/C21H29N3OS/c1-25-16-18-13-24(15-20-6-4-12-26-20)17-21(18)7-10-23(11-8-21)14-19-5-2-3-9-22-19/h2-6,9,12,18H,7-8,10-11,13-17H2,1H3/t18-/m1/s1. The van der Waals surface area contributed by atoms with Crippen LogP contribution in [-0.2, 0) is 17.8 Å². The van der Waals surface area contributed by atoms with E-state index in [0.717, 1.165) is 19.7 Å². The molecule has 0 bridgehead atoms. The molecule has 4 heterocycles. The van der Waals surface area contributed by atoms with Crippen LogP contribution in [0, 0.1) is 11.3 Å². The average Bonchev–Trinajstić information content (AvgIpc) is 3.28. The molecule has 2 aromatic heterocycles. The quantitative estimate of drug-likeness (QED) is 0.777. The van der Waals surface area contributed by atoms with Gasteiger partial charge in [-0.3, -0.25) is 14.8 Å². The third kappa shape index (κ3) is 4.01. The van der Waals surface area contributed by atoms with E-state index in [-0.39, 0.29) is 0 Å². The Morgan fingerprint density at radius 3 is 2.73 bits per heavy atom. The first-order chi connectivity index (χ1) is 12.8. The second-order valence-corrected chi connectivity index (χ2v) is 8.89. The molecule has 0 aromatic carbocycles. The number of methoxy groups -OCH3 is 1. The minimum atomic E-state index is 0.424. The summed E-state index contributed by atoms with van der Waals surface area (Å²) < 4.78 is 5.61. The molecule has 0 aliphatic carbocycles. The fraction of sp³-hybridized carbons (Fsp3) is 0.571. The van der Waals surface area contributed by atoms with Crippen LogP contribution in [0.2, 0.25) is 0 Å². The largest absolute Gasteiger partial charge is 0.384 e. The molecule has 2 aromatic rings. The predicted molar refractivity (Wildman–Crippen MR) is 106 cm³/mol. The number of hydrogen-bond acceptors (Lipinski definition) is 5. The monoisotopic (exact) mass is 371 g/mol. The van der Waals surface area contributed by atoms with Crippen molar-refractivity contribution in [1.29, 1.82) is 0 Å².